The van der Waals surface area contributed by atoms with Crippen LogP contribution in [0.5, 0.6) is 0 Å². The van der Waals surface area contributed by atoms with Crippen LogP contribution >= 0.6 is 12.2 Å². The second kappa shape index (κ2) is 8.31. The summed E-state index contributed by atoms with van der Waals surface area (Å²) in [5, 5.41) is 6.55. The van der Waals surface area contributed by atoms with E-state index in [0.29, 0.717) is 22.8 Å². The summed E-state index contributed by atoms with van der Waals surface area (Å²) >= 11 is 5.38. The van der Waals surface area contributed by atoms with E-state index in [1.165, 1.54) is 0 Å². The molecule has 1 heterocycles. The maximum absolute atomic E-state index is 12.7. The molecule has 0 radical (unpaired) electrons. The van der Waals surface area contributed by atoms with Gasteiger partial charge < -0.3 is 20.3 Å². The fraction of sp³-hybridized carbons (Fsp3) is 0.421. The lowest BCUT2D eigenvalue weighted by Crippen LogP contribution is -2.46. The fourth-order valence-electron chi connectivity index (χ4n) is 2.64. The molecule has 1 aromatic carbocycles. The first-order valence-electron chi connectivity index (χ1n) is 8.60. The summed E-state index contributed by atoms with van der Waals surface area (Å²) in [6, 6.07) is 6.96. The molecular weight excluding hydrogens is 350 g/mol. The van der Waals surface area contributed by atoms with Gasteiger partial charge in [0.15, 0.2) is 5.11 Å². The predicted octanol–water partition coefficient (Wildman–Crippen LogP) is 3.12. The summed E-state index contributed by atoms with van der Waals surface area (Å²) in [6.07, 6.45) is 0.203. The molecule has 26 heavy (non-hydrogen) atoms. The standard InChI is InChI=1S/C19H25N3O3S/c1-6-15(23)20-14-9-7-13(8-10-14)17-16(18(24)25-11(2)3)12(4)22(5)19(26)21-17/h7-11,17H,6H2,1-5H3,(H,20,23)(H,21,26)/t17-/m0/s1. The highest BCUT2D eigenvalue weighted by Gasteiger charge is 2.33. The number of amides is 1. The number of ether oxygens (including phenoxy) is 1. The smallest absolute Gasteiger partial charge is 0.338 e. The predicted molar refractivity (Wildman–Crippen MR) is 106 cm³/mol. The monoisotopic (exact) mass is 375 g/mol. The van der Waals surface area contributed by atoms with Gasteiger partial charge in [-0.15, -0.1) is 0 Å². The maximum atomic E-state index is 12.7. The first-order valence-corrected chi connectivity index (χ1v) is 9.01. The second-order valence-electron chi connectivity index (χ2n) is 6.42. The summed E-state index contributed by atoms with van der Waals surface area (Å²) in [5.74, 6) is -0.416. The van der Waals surface area contributed by atoms with Crippen LogP contribution in [0.3, 0.4) is 0 Å². The highest BCUT2D eigenvalue weighted by molar-refractivity contribution is 7.80. The molecule has 7 heteroatoms. The van der Waals surface area contributed by atoms with E-state index in [1.807, 2.05) is 52.1 Å². The Kier molecular flexibility index (Phi) is 6.37. The average Bonchev–Trinajstić information content (AvgIpc) is 2.59. The fourth-order valence-corrected chi connectivity index (χ4v) is 2.89. The van der Waals surface area contributed by atoms with Crippen LogP contribution in [0.2, 0.25) is 0 Å². The van der Waals surface area contributed by atoms with Crippen LogP contribution in [0.4, 0.5) is 5.69 Å². The summed E-state index contributed by atoms with van der Waals surface area (Å²) in [6.45, 7) is 7.29. The van der Waals surface area contributed by atoms with Crippen molar-refractivity contribution < 1.29 is 14.3 Å². The van der Waals surface area contributed by atoms with Crippen LogP contribution in [-0.4, -0.2) is 35.0 Å². The number of carbonyl (C=O) groups excluding carboxylic acids is 2. The zero-order valence-electron chi connectivity index (χ0n) is 15.8. The number of anilines is 1. The Morgan fingerprint density at radius 2 is 1.92 bits per heavy atom. The molecule has 2 rings (SSSR count). The number of carbonyl (C=O) groups is 2. The minimum atomic E-state index is -0.402. The van der Waals surface area contributed by atoms with Crippen molar-refractivity contribution in [1.29, 1.82) is 0 Å². The molecule has 1 aliphatic heterocycles. The number of nitrogens with one attached hydrogen (secondary N) is 2. The van der Waals surface area contributed by atoms with Gasteiger partial charge in [-0.25, -0.2) is 4.79 Å². The van der Waals surface area contributed by atoms with Crippen molar-refractivity contribution >= 4 is 34.9 Å². The minimum absolute atomic E-state index is 0.0479. The normalized spacial score (nSPS) is 17.2. The summed E-state index contributed by atoms with van der Waals surface area (Å²) in [4.78, 5) is 25.9. The topological polar surface area (TPSA) is 70.7 Å². The van der Waals surface area contributed by atoms with Crippen molar-refractivity contribution in [3.05, 3.63) is 41.1 Å². The molecule has 0 bridgehead atoms. The molecule has 0 spiro atoms. The SMILES string of the molecule is CCC(=O)Nc1ccc([C@@H]2NC(=S)N(C)C(C)=C2C(=O)OC(C)C)cc1. The van der Waals surface area contributed by atoms with Gasteiger partial charge in [0.25, 0.3) is 0 Å². The highest BCUT2D eigenvalue weighted by Crippen LogP contribution is 2.31. The first-order chi connectivity index (χ1) is 12.2. The summed E-state index contributed by atoms with van der Waals surface area (Å²) in [7, 11) is 1.81. The molecule has 140 valence electrons. The number of allylic oxidation sites excluding steroid dienone is 1. The van der Waals surface area contributed by atoms with E-state index in [4.69, 9.17) is 17.0 Å². The van der Waals surface area contributed by atoms with Gasteiger partial charge in [0.2, 0.25) is 5.91 Å². The van der Waals surface area contributed by atoms with E-state index < -0.39 is 6.04 Å². The Morgan fingerprint density at radius 1 is 1.31 bits per heavy atom. The molecule has 0 aromatic heterocycles. The van der Waals surface area contributed by atoms with Crippen molar-refractivity contribution in [3.8, 4) is 0 Å². The Labute approximate surface area is 159 Å². The number of hydrogen-bond acceptors (Lipinski definition) is 4. The lowest BCUT2D eigenvalue weighted by Gasteiger charge is -2.35. The summed E-state index contributed by atoms with van der Waals surface area (Å²) < 4.78 is 5.42. The molecule has 1 aliphatic rings. The van der Waals surface area contributed by atoms with Gasteiger partial charge in [-0.3, -0.25) is 4.79 Å². The minimum Gasteiger partial charge on any atom is -0.459 e. The molecule has 0 saturated heterocycles. The molecule has 0 fully saturated rings. The number of rotatable bonds is 5. The number of benzene rings is 1. The van der Waals surface area contributed by atoms with Gasteiger partial charge in [-0.1, -0.05) is 19.1 Å². The van der Waals surface area contributed by atoms with E-state index in [0.717, 1.165) is 11.3 Å². The van der Waals surface area contributed by atoms with Gasteiger partial charge in [-0.05, 0) is 50.7 Å². The molecule has 1 aromatic rings. The van der Waals surface area contributed by atoms with Crippen LogP contribution in [0.25, 0.3) is 0 Å². The zero-order valence-corrected chi connectivity index (χ0v) is 16.6. The number of thiocarbonyl (C=S) groups is 1. The van der Waals surface area contributed by atoms with Gasteiger partial charge >= 0.3 is 5.97 Å². The van der Waals surface area contributed by atoms with Gasteiger partial charge in [0.05, 0.1) is 17.7 Å². The van der Waals surface area contributed by atoms with Crippen LogP contribution < -0.4 is 10.6 Å². The Balaban J connectivity index is 2.36. The third-order valence-electron chi connectivity index (χ3n) is 4.17. The average molecular weight is 375 g/mol. The third-order valence-corrected chi connectivity index (χ3v) is 4.56. The Hall–Kier alpha value is -2.41. The molecule has 2 N–H and O–H groups in total. The largest absolute Gasteiger partial charge is 0.459 e. The molecule has 1 atom stereocenters. The van der Waals surface area contributed by atoms with E-state index >= 15 is 0 Å². The third kappa shape index (κ3) is 4.40. The zero-order chi connectivity index (χ0) is 19.4. The number of esters is 1. The van der Waals surface area contributed by atoms with Crippen molar-refractivity contribution in [1.82, 2.24) is 10.2 Å². The van der Waals surface area contributed by atoms with E-state index in [9.17, 15) is 9.59 Å². The molecule has 0 aliphatic carbocycles. The molecule has 0 unspecified atom stereocenters. The van der Waals surface area contributed by atoms with Crippen LogP contribution in [0.15, 0.2) is 35.5 Å². The lowest BCUT2D eigenvalue weighted by atomic mass is 9.95. The molecule has 6 nitrogen and oxygen atoms in total. The van der Waals surface area contributed by atoms with Gasteiger partial charge in [0.1, 0.15) is 0 Å². The summed E-state index contributed by atoms with van der Waals surface area (Å²) in [5.41, 5.74) is 2.86. The lowest BCUT2D eigenvalue weighted by molar-refractivity contribution is -0.143. The van der Waals surface area contributed by atoms with Gasteiger partial charge in [-0.2, -0.15) is 0 Å². The van der Waals surface area contributed by atoms with Crippen molar-refractivity contribution in [2.75, 3.05) is 12.4 Å². The number of hydrogen-bond donors (Lipinski definition) is 2. The van der Waals surface area contributed by atoms with Crippen molar-refractivity contribution in [2.45, 2.75) is 46.3 Å². The Morgan fingerprint density at radius 3 is 2.46 bits per heavy atom. The van der Waals surface area contributed by atoms with Crippen LogP contribution in [-0.2, 0) is 14.3 Å². The molecule has 0 saturated carbocycles. The molecular formula is C19H25N3O3S. The quantitative estimate of drug-likeness (QED) is 0.609. The Bertz CT molecular complexity index is 741. The van der Waals surface area contributed by atoms with Crippen molar-refractivity contribution in [3.63, 3.8) is 0 Å². The van der Waals surface area contributed by atoms with Crippen molar-refractivity contribution in [2.24, 2.45) is 0 Å². The molecule has 1 amide bonds. The highest BCUT2D eigenvalue weighted by atomic mass is 32.1. The first kappa shape index (κ1) is 19.9. The van der Waals surface area contributed by atoms with E-state index in [-0.39, 0.29) is 18.0 Å². The van der Waals surface area contributed by atoms with Crippen LogP contribution in [0, 0.1) is 0 Å². The van der Waals surface area contributed by atoms with E-state index in [1.54, 1.807) is 11.8 Å². The maximum Gasteiger partial charge on any atom is 0.338 e. The van der Waals surface area contributed by atoms with Crippen LogP contribution in [0.1, 0.15) is 45.7 Å². The number of nitrogens with zero attached hydrogens (tertiary/aromatic N) is 1. The van der Waals surface area contributed by atoms with E-state index in [2.05, 4.69) is 10.6 Å². The van der Waals surface area contributed by atoms with Gasteiger partial charge in [0, 0.05) is 24.9 Å². The second-order valence-corrected chi connectivity index (χ2v) is 6.81.